The lowest BCUT2D eigenvalue weighted by atomic mass is 9.97. The highest BCUT2D eigenvalue weighted by Crippen LogP contribution is 2.35. The van der Waals surface area contributed by atoms with Crippen LogP contribution < -0.4 is 0 Å². The number of aryl methyl sites for hydroxylation is 1. The third-order valence-electron chi connectivity index (χ3n) is 5.41. The lowest BCUT2D eigenvalue weighted by Crippen LogP contribution is -2.48. The van der Waals surface area contributed by atoms with Gasteiger partial charge in [0.1, 0.15) is 0 Å². The molecule has 2 heterocycles. The van der Waals surface area contributed by atoms with Gasteiger partial charge >= 0.3 is 0 Å². The second kappa shape index (κ2) is 7.48. The average molecular weight is 375 g/mol. The molecule has 0 saturated carbocycles. The normalized spacial score (nSPS) is 20.7. The first-order valence-electron chi connectivity index (χ1n) is 9.01. The molecule has 1 saturated heterocycles. The van der Waals surface area contributed by atoms with Gasteiger partial charge in [0, 0.05) is 44.0 Å². The van der Waals surface area contributed by atoms with Crippen molar-refractivity contribution in [3.63, 3.8) is 0 Å². The van der Waals surface area contributed by atoms with Crippen LogP contribution in [0.1, 0.15) is 34.8 Å². The predicted molar refractivity (Wildman–Crippen MR) is 103 cm³/mol. The molecule has 1 aromatic carbocycles. The number of carbonyl (C=O) groups excluding carboxylic acids is 1. The molecule has 1 aliphatic heterocycles. The molecule has 2 aromatic rings. The summed E-state index contributed by atoms with van der Waals surface area (Å²) < 4.78 is 0.848. The van der Waals surface area contributed by atoms with Crippen molar-refractivity contribution in [2.75, 3.05) is 26.2 Å². The van der Waals surface area contributed by atoms with Crippen LogP contribution in [0.3, 0.4) is 0 Å². The number of benzene rings is 1. The van der Waals surface area contributed by atoms with E-state index in [-0.39, 0.29) is 0 Å². The molecule has 1 atom stereocenters. The van der Waals surface area contributed by atoms with Crippen molar-refractivity contribution in [2.24, 2.45) is 0 Å². The maximum Gasteiger partial charge on any atom is 0.223 e. The molecule has 5 heteroatoms. The average Bonchev–Trinajstić information content (AvgIpc) is 3.22. The fourth-order valence-corrected chi connectivity index (χ4v) is 5.14. The van der Waals surface area contributed by atoms with Gasteiger partial charge in [0.25, 0.3) is 0 Å². The van der Waals surface area contributed by atoms with E-state index < -0.39 is 0 Å². The predicted octanol–water partition coefficient (Wildman–Crippen LogP) is 4.17. The highest BCUT2D eigenvalue weighted by molar-refractivity contribution is 7.16. The summed E-state index contributed by atoms with van der Waals surface area (Å²) in [6, 6.07) is 12.7. The number of nitrogens with zero attached hydrogens (tertiary/aromatic N) is 2. The Bertz CT molecular complexity index is 752. The first-order valence-corrected chi connectivity index (χ1v) is 10.2. The summed E-state index contributed by atoms with van der Waals surface area (Å²) in [4.78, 5) is 18.5. The van der Waals surface area contributed by atoms with Gasteiger partial charge in [-0.2, -0.15) is 0 Å². The molecule has 1 aromatic heterocycles. The molecular weight excluding hydrogens is 352 g/mol. The van der Waals surface area contributed by atoms with Crippen LogP contribution in [0.25, 0.3) is 0 Å². The standard InChI is InChI=1S/C20H23ClN2OS/c21-19-8-7-17(25-19)14-22-9-11-23(12-10-22)20(24)13-16-6-5-15-3-1-2-4-18(15)16/h1-4,7-8,16H,5-6,9-14H2. The summed E-state index contributed by atoms with van der Waals surface area (Å²) >= 11 is 7.65. The second-order valence-electron chi connectivity index (χ2n) is 7.00. The molecule has 1 amide bonds. The van der Waals surface area contributed by atoms with Crippen molar-refractivity contribution in [1.82, 2.24) is 9.80 Å². The molecule has 0 bridgehead atoms. The van der Waals surface area contributed by atoms with Crippen molar-refractivity contribution < 1.29 is 4.79 Å². The summed E-state index contributed by atoms with van der Waals surface area (Å²) in [6.07, 6.45) is 2.90. The van der Waals surface area contributed by atoms with Crippen molar-refractivity contribution in [3.8, 4) is 0 Å². The smallest absolute Gasteiger partial charge is 0.223 e. The molecule has 1 fully saturated rings. The Morgan fingerprint density at radius 1 is 1.12 bits per heavy atom. The first-order chi connectivity index (χ1) is 12.2. The van der Waals surface area contributed by atoms with Gasteiger partial charge in [0.05, 0.1) is 4.34 Å². The highest BCUT2D eigenvalue weighted by atomic mass is 35.5. The number of hydrogen-bond donors (Lipinski definition) is 0. The molecule has 0 spiro atoms. The zero-order valence-electron chi connectivity index (χ0n) is 14.3. The lowest BCUT2D eigenvalue weighted by molar-refractivity contribution is -0.133. The minimum atomic E-state index is 0.320. The monoisotopic (exact) mass is 374 g/mol. The van der Waals surface area contributed by atoms with Crippen LogP contribution in [-0.2, 0) is 17.8 Å². The summed E-state index contributed by atoms with van der Waals surface area (Å²) in [6.45, 7) is 4.51. The summed E-state index contributed by atoms with van der Waals surface area (Å²) in [5.41, 5.74) is 2.82. The maximum absolute atomic E-state index is 12.7. The minimum Gasteiger partial charge on any atom is -0.340 e. The van der Waals surface area contributed by atoms with E-state index in [9.17, 15) is 4.79 Å². The molecule has 25 heavy (non-hydrogen) atoms. The van der Waals surface area contributed by atoms with E-state index in [4.69, 9.17) is 11.6 Å². The molecular formula is C20H23ClN2OS. The maximum atomic E-state index is 12.7. The SMILES string of the molecule is O=C(CC1CCc2ccccc21)N1CCN(Cc2ccc(Cl)s2)CC1. The van der Waals surface area contributed by atoms with Gasteiger partial charge in [-0.25, -0.2) is 0 Å². The Labute approximate surface area is 158 Å². The number of halogens is 1. The van der Waals surface area contributed by atoms with E-state index in [1.807, 2.05) is 6.07 Å². The lowest BCUT2D eigenvalue weighted by Gasteiger charge is -2.35. The fraction of sp³-hybridized carbons (Fsp3) is 0.450. The number of amides is 1. The Morgan fingerprint density at radius 3 is 2.68 bits per heavy atom. The quantitative estimate of drug-likeness (QED) is 0.802. The molecule has 1 aliphatic carbocycles. The van der Waals surface area contributed by atoms with Gasteiger partial charge in [-0.3, -0.25) is 9.69 Å². The van der Waals surface area contributed by atoms with Crippen molar-refractivity contribution in [2.45, 2.75) is 31.7 Å². The number of hydrogen-bond acceptors (Lipinski definition) is 3. The molecule has 0 radical (unpaired) electrons. The third kappa shape index (κ3) is 3.91. The highest BCUT2D eigenvalue weighted by Gasteiger charge is 2.28. The molecule has 4 rings (SSSR count). The van der Waals surface area contributed by atoms with Crippen LogP contribution in [0, 0.1) is 0 Å². The zero-order valence-corrected chi connectivity index (χ0v) is 15.9. The van der Waals surface area contributed by atoms with Crippen molar-refractivity contribution in [3.05, 3.63) is 56.7 Å². The molecule has 132 valence electrons. The minimum absolute atomic E-state index is 0.320. The number of piperazine rings is 1. The van der Waals surface area contributed by atoms with Crippen LogP contribution in [0.5, 0.6) is 0 Å². The number of carbonyl (C=O) groups is 1. The molecule has 1 unspecified atom stereocenters. The van der Waals surface area contributed by atoms with E-state index >= 15 is 0 Å². The number of rotatable bonds is 4. The van der Waals surface area contributed by atoms with Crippen LogP contribution >= 0.6 is 22.9 Å². The van der Waals surface area contributed by atoms with E-state index in [1.54, 1.807) is 11.3 Å². The van der Waals surface area contributed by atoms with Crippen LogP contribution in [0.4, 0.5) is 0 Å². The molecule has 0 N–H and O–H groups in total. The zero-order chi connectivity index (χ0) is 17.2. The van der Waals surface area contributed by atoms with Crippen LogP contribution in [0.2, 0.25) is 4.34 Å². The summed E-state index contributed by atoms with van der Waals surface area (Å²) in [7, 11) is 0. The largest absolute Gasteiger partial charge is 0.340 e. The van der Waals surface area contributed by atoms with E-state index in [2.05, 4.69) is 40.1 Å². The third-order valence-corrected chi connectivity index (χ3v) is 6.63. The van der Waals surface area contributed by atoms with E-state index in [0.717, 1.165) is 49.9 Å². The van der Waals surface area contributed by atoms with Gasteiger partial charge in [0.15, 0.2) is 0 Å². The van der Waals surface area contributed by atoms with Crippen molar-refractivity contribution in [1.29, 1.82) is 0 Å². The number of thiophene rings is 1. The number of fused-ring (bicyclic) bond motifs is 1. The Hall–Kier alpha value is -1.36. The Morgan fingerprint density at radius 2 is 1.92 bits per heavy atom. The van der Waals surface area contributed by atoms with Gasteiger partial charge in [-0.1, -0.05) is 35.9 Å². The van der Waals surface area contributed by atoms with Crippen LogP contribution in [-0.4, -0.2) is 41.9 Å². The van der Waals surface area contributed by atoms with Crippen LogP contribution in [0.15, 0.2) is 36.4 Å². The van der Waals surface area contributed by atoms with Gasteiger partial charge in [0.2, 0.25) is 5.91 Å². The topological polar surface area (TPSA) is 23.6 Å². The van der Waals surface area contributed by atoms with Crippen molar-refractivity contribution >= 4 is 28.8 Å². The Balaban J connectivity index is 1.28. The first kappa shape index (κ1) is 17.1. The molecule has 2 aliphatic rings. The summed E-state index contributed by atoms with van der Waals surface area (Å²) in [5, 5.41) is 0. The molecule has 3 nitrogen and oxygen atoms in total. The fourth-order valence-electron chi connectivity index (χ4n) is 4.01. The van der Waals surface area contributed by atoms with Gasteiger partial charge in [-0.15, -0.1) is 11.3 Å². The van der Waals surface area contributed by atoms with Gasteiger partial charge < -0.3 is 4.90 Å². The van der Waals surface area contributed by atoms with E-state index in [1.165, 1.54) is 16.0 Å². The summed E-state index contributed by atoms with van der Waals surface area (Å²) in [5.74, 6) is 0.732. The van der Waals surface area contributed by atoms with E-state index in [0.29, 0.717) is 18.2 Å². The van der Waals surface area contributed by atoms with Gasteiger partial charge in [-0.05, 0) is 42.0 Å². The Kier molecular flexibility index (Phi) is 5.11. The second-order valence-corrected chi connectivity index (χ2v) is 8.80.